The first-order chi connectivity index (χ1) is 17.3. The highest BCUT2D eigenvalue weighted by atomic mass is 32.2. The summed E-state index contributed by atoms with van der Waals surface area (Å²) in [5.41, 5.74) is 2.17. The lowest BCUT2D eigenvalue weighted by Crippen LogP contribution is -2.44. The van der Waals surface area contributed by atoms with Crippen LogP contribution in [0.3, 0.4) is 0 Å². The Labute approximate surface area is 218 Å². The van der Waals surface area contributed by atoms with E-state index in [9.17, 15) is 13.5 Å². The SMILES string of the molecule is CCCNC(=S)Nc1ccc(-c2nc(N3CCOC[C@@H]3C)cc(C3(S(=O)(=O)CCCO)CC3)n2)cc1. The summed E-state index contributed by atoms with van der Waals surface area (Å²) in [6, 6.07) is 9.59. The summed E-state index contributed by atoms with van der Waals surface area (Å²) >= 11 is 5.32. The molecule has 1 aliphatic heterocycles. The molecule has 0 radical (unpaired) electrons. The number of morpholine rings is 1. The average molecular weight is 534 g/mol. The Hall–Kier alpha value is -2.34. The Kier molecular flexibility index (Phi) is 8.44. The summed E-state index contributed by atoms with van der Waals surface area (Å²) in [5, 5.41) is 16.1. The van der Waals surface area contributed by atoms with E-state index in [1.165, 1.54) is 0 Å². The van der Waals surface area contributed by atoms with Crippen molar-refractivity contribution in [1.82, 2.24) is 15.3 Å². The van der Waals surface area contributed by atoms with Crippen LogP contribution in [-0.2, 0) is 19.3 Å². The second-order valence-corrected chi connectivity index (χ2v) is 12.2. The molecule has 2 aliphatic rings. The van der Waals surface area contributed by atoms with Gasteiger partial charge in [-0.1, -0.05) is 6.92 Å². The van der Waals surface area contributed by atoms with Crippen molar-refractivity contribution in [2.75, 3.05) is 48.9 Å². The lowest BCUT2D eigenvalue weighted by Gasteiger charge is -2.34. The van der Waals surface area contributed by atoms with Crippen LogP contribution in [0.1, 0.15) is 45.2 Å². The van der Waals surface area contributed by atoms with Gasteiger partial charge in [0.25, 0.3) is 0 Å². The van der Waals surface area contributed by atoms with E-state index in [1.54, 1.807) is 0 Å². The molecule has 1 aromatic carbocycles. The van der Waals surface area contributed by atoms with Crippen molar-refractivity contribution in [2.45, 2.75) is 50.3 Å². The fourth-order valence-electron chi connectivity index (χ4n) is 4.42. The van der Waals surface area contributed by atoms with Crippen LogP contribution >= 0.6 is 12.2 Å². The molecule has 2 heterocycles. The summed E-state index contributed by atoms with van der Waals surface area (Å²) in [4.78, 5) is 11.8. The van der Waals surface area contributed by atoms with Crippen molar-refractivity contribution in [3.63, 3.8) is 0 Å². The molecule has 1 atom stereocenters. The van der Waals surface area contributed by atoms with Gasteiger partial charge in [-0.2, -0.15) is 0 Å². The minimum absolute atomic E-state index is 0.0571. The third-order valence-corrected chi connectivity index (χ3v) is 9.53. The van der Waals surface area contributed by atoms with Crippen LogP contribution in [0, 0.1) is 0 Å². The van der Waals surface area contributed by atoms with Crippen LogP contribution in [0.4, 0.5) is 11.5 Å². The quantitative estimate of drug-likeness (QED) is 0.394. The van der Waals surface area contributed by atoms with E-state index in [1.807, 2.05) is 30.3 Å². The second kappa shape index (κ2) is 11.4. The van der Waals surface area contributed by atoms with Gasteiger partial charge in [0.1, 0.15) is 10.6 Å². The summed E-state index contributed by atoms with van der Waals surface area (Å²) in [7, 11) is -3.48. The van der Waals surface area contributed by atoms with Gasteiger partial charge < -0.3 is 25.4 Å². The predicted octanol–water partition coefficient (Wildman–Crippen LogP) is 2.85. The Balaban J connectivity index is 1.69. The molecule has 0 bridgehead atoms. The molecule has 0 amide bonds. The molecule has 1 aromatic heterocycles. The highest BCUT2D eigenvalue weighted by Crippen LogP contribution is 2.53. The van der Waals surface area contributed by atoms with Gasteiger partial charge in [-0.15, -0.1) is 0 Å². The number of rotatable bonds is 10. The molecule has 11 heteroatoms. The molecule has 4 rings (SSSR count). The molecule has 0 spiro atoms. The predicted molar refractivity (Wildman–Crippen MR) is 146 cm³/mol. The zero-order valence-corrected chi connectivity index (χ0v) is 22.5. The molecular formula is C25H35N5O4S2. The lowest BCUT2D eigenvalue weighted by molar-refractivity contribution is 0.0985. The molecule has 1 aliphatic carbocycles. The molecule has 2 fully saturated rings. The topological polar surface area (TPSA) is 117 Å². The molecule has 196 valence electrons. The van der Waals surface area contributed by atoms with Crippen molar-refractivity contribution in [1.29, 1.82) is 0 Å². The monoisotopic (exact) mass is 533 g/mol. The normalized spacial score (nSPS) is 19.1. The standard InChI is InChI=1S/C25H35N5O4S2/c1-3-11-26-24(35)27-20-7-5-19(6-8-20)23-28-21(25(9-10-25)36(32,33)15-4-13-31)16-22(29-23)30-12-14-34-17-18(30)2/h5-8,16,18,31H,3-4,9-15,17H2,1-2H3,(H2,26,27,35)/t18-/m0/s1. The summed E-state index contributed by atoms with van der Waals surface area (Å²) in [6.07, 6.45) is 2.26. The molecule has 0 unspecified atom stereocenters. The first kappa shape index (κ1) is 26.7. The van der Waals surface area contributed by atoms with Crippen LogP contribution in [0.2, 0.25) is 0 Å². The van der Waals surface area contributed by atoms with Gasteiger partial charge in [0.05, 0.1) is 30.7 Å². The maximum absolute atomic E-state index is 13.3. The number of hydrogen-bond acceptors (Lipinski definition) is 8. The van der Waals surface area contributed by atoms with Gasteiger partial charge in [0, 0.05) is 37.0 Å². The van der Waals surface area contributed by atoms with Crippen LogP contribution < -0.4 is 15.5 Å². The fraction of sp³-hybridized carbons (Fsp3) is 0.560. The first-order valence-electron chi connectivity index (χ1n) is 12.5. The summed E-state index contributed by atoms with van der Waals surface area (Å²) in [6.45, 7) is 6.64. The first-order valence-corrected chi connectivity index (χ1v) is 14.6. The minimum atomic E-state index is -3.48. The zero-order valence-electron chi connectivity index (χ0n) is 20.9. The second-order valence-electron chi connectivity index (χ2n) is 9.40. The van der Waals surface area contributed by atoms with Crippen LogP contribution in [-0.4, -0.2) is 73.3 Å². The molecule has 1 saturated heterocycles. The third-order valence-electron chi connectivity index (χ3n) is 6.65. The molecular weight excluding hydrogens is 498 g/mol. The summed E-state index contributed by atoms with van der Waals surface area (Å²) in [5.74, 6) is 1.14. The van der Waals surface area contributed by atoms with Crippen molar-refractivity contribution < 1.29 is 18.3 Å². The largest absolute Gasteiger partial charge is 0.396 e. The Morgan fingerprint density at radius 1 is 1.28 bits per heavy atom. The maximum atomic E-state index is 13.3. The third kappa shape index (κ3) is 5.80. The summed E-state index contributed by atoms with van der Waals surface area (Å²) < 4.78 is 31.1. The number of benzene rings is 1. The smallest absolute Gasteiger partial charge is 0.170 e. The number of thiocarbonyl (C=S) groups is 1. The van der Waals surface area contributed by atoms with Gasteiger partial charge in [0.15, 0.2) is 20.8 Å². The Bertz CT molecular complexity index is 1170. The Morgan fingerprint density at radius 2 is 2.03 bits per heavy atom. The molecule has 36 heavy (non-hydrogen) atoms. The van der Waals surface area contributed by atoms with Gasteiger partial charge in [-0.25, -0.2) is 18.4 Å². The number of anilines is 2. The average Bonchev–Trinajstić information content (AvgIpc) is 3.70. The minimum Gasteiger partial charge on any atom is -0.396 e. The van der Waals surface area contributed by atoms with Crippen molar-refractivity contribution in [2.24, 2.45) is 0 Å². The molecule has 3 N–H and O–H groups in total. The van der Waals surface area contributed by atoms with E-state index < -0.39 is 14.6 Å². The number of nitrogens with one attached hydrogen (secondary N) is 2. The van der Waals surface area contributed by atoms with Crippen LogP contribution in [0.5, 0.6) is 0 Å². The van der Waals surface area contributed by atoms with E-state index in [0.29, 0.717) is 55.0 Å². The number of hydrogen-bond donors (Lipinski definition) is 3. The van der Waals surface area contributed by atoms with Gasteiger partial charge in [-0.3, -0.25) is 0 Å². The fourth-order valence-corrected chi connectivity index (χ4v) is 6.69. The maximum Gasteiger partial charge on any atom is 0.170 e. The molecule has 1 saturated carbocycles. The number of aliphatic hydroxyl groups excluding tert-OH is 1. The lowest BCUT2D eigenvalue weighted by atomic mass is 10.1. The Morgan fingerprint density at radius 3 is 2.67 bits per heavy atom. The highest BCUT2D eigenvalue weighted by molar-refractivity contribution is 7.92. The van der Waals surface area contributed by atoms with E-state index >= 15 is 0 Å². The molecule has 2 aromatic rings. The van der Waals surface area contributed by atoms with Crippen LogP contribution in [0.25, 0.3) is 11.4 Å². The van der Waals surface area contributed by atoms with Gasteiger partial charge >= 0.3 is 0 Å². The van der Waals surface area contributed by atoms with E-state index in [0.717, 1.165) is 24.2 Å². The van der Waals surface area contributed by atoms with Crippen molar-refractivity contribution >= 4 is 38.7 Å². The van der Waals surface area contributed by atoms with Crippen LogP contribution in [0.15, 0.2) is 30.3 Å². The van der Waals surface area contributed by atoms with Crippen molar-refractivity contribution in [3.8, 4) is 11.4 Å². The number of nitrogens with zero attached hydrogens (tertiary/aromatic N) is 3. The van der Waals surface area contributed by atoms with Gasteiger partial charge in [-0.05, 0) is 69.1 Å². The van der Waals surface area contributed by atoms with Gasteiger partial charge in [0.2, 0.25) is 0 Å². The molecule has 9 nitrogen and oxygen atoms in total. The van der Waals surface area contributed by atoms with E-state index in [-0.39, 0.29) is 24.8 Å². The highest BCUT2D eigenvalue weighted by Gasteiger charge is 2.56. The number of aliphatic hydroxyl groups is 1. The zero-order chi connectivity index (χ0) is 25.8. The number of ether oxygens (including phenoxy) is 1. The number of aromatic nitrogens is 2. The van der Waals surface area contributed by atoms with E-state index in [4.69, 9.17) is 26.9 Å². The van der Waals surface area contributed by atoms with E-state index in [2.05, 4.69) is 29.4 Å². The number of sulfone groups is 1. The van der Waals surface area contributed by atoms with Crippen molar-refractivity contribution in [3.05, 3.63) is 36.0 Å².